The second kappa shape index (κ2) is 8.68. The Morgan fingerprint density at radius 2 is 1.62 bits per heavy atom. The summed E-state index contributed by atoms with van der Waals surface area (Å²) in [7, 11) is 0. The molecule has 7 heteroatoms. The molecule has 1 fully saturated rings. The Labute approximate surface area is 168 Å². The number of pyridine rings is 1. The molecule has 4 rings (SSSR count). The van der Waals surface area contributed by atoms with Crippen LogP contribution in [0.1, 0.15) is 42.6 Å². The number of benzene rings is 1. The van der Waals surface area contributed by atoms with Gasteiger partial charge < -0.3 is 10.6 Å². The van der Waals surface area contributed by atoms with Gasteiger partial charge in [-0.15, -0.1) is 0 Å². The summed E-state index contributed by atoms with van der Waals surface area (Å²) in [4.78, 5) is 29.3. The van der Waals surface area contributed by atoms with Gasteiger partial charge in [0.15, 0.2) is 0 Å². The van der Waals surface area contributed by atoms with E-state index in [9.17, 15) is 9.59 Å². The van der Waals surface area contributed by atoms with E-state index in [0.717, 1.165) is 37.1 Å². The SMILES string of the molecule is O=C(Nc1ccc(NC(=O)C2CCCCC2)cc1)c1cccc(-c2ccn[nH]2)n1. The van der Waals surface area contributed by atoms with Gasteiger partial charge in [0.2, 0.25) is 5.91 Å². The maximum absolute atomic E-state index is 12.5. The Balaban J connectivity index is 1.38. The standard InChI is InChI=1S/C22H23N5O2/c28-21(15-5-2-1-3-6-15)24-16-9-11-17(12-10-16)25-22(29)20-8-4-7-18(26-20)19-13-14-23-27-19/h4,7-15H,1-3,5-6H2,(H,23,27)(H,24,28)(H,25,29). The minimum Gasteiger partial charge on any atom is -0.326 e. The number of amides is 2. The number of nitrogens with zero attached hydrogens (tertiary/aromatic N) is 2. The quantitative estimate of drug-likeness (QED) is 0.607. The van der Waals surface area contributed by atoms with Crippen LogP contribution in [-0.2, 0) is 4.79 Å². The number of H-pyrrole nitrogens is 1. The maximum Gasteiger partial charge on any atom is 0.274 e. The Morgan fingerprint density at radius 1 is 0.897 bits per heavy atom. The lowest BCUT2D eigenvalue weighted by Crippen LogP contribution is -2.24. The van der Waals surface area contributed by atoms with Gasteiger partial charge in [-0.1, -0.05) is 25.3 Å². The Bertz CT molecular complexity index is 977. The second-order valence-corrected chi connectivity index (χ2v) is 7.23. The van der Waals surface area contributed by atoms with Crippen LogP contribution in [0, 0.1) is 5.92 Å². The molecule has 0 unspecified atom stereocenters. The predicted octanol–water partition coefficient (Wildman–Crippen LogP) is 4.24. The van der Waals surface area contributed by atoms with Gasteiger partial charge in [0, 0.05) is 23.5 Å². The fourth-order valence-corrected chi connectivity index (χ4v) is 3.55. The summed E-state index contributed by atoms with van der Waals surface area (Å²) < 4.78 is 0. The lowest BCUT2D eigenvalue weighted by atomic mass is 9.88. The highest BCUT2D eigenvalue weighted by Crippen LogP contribution is 2.25. The third-order valence-electron chi connectivity index (χ3n) is 5.14. The van der Waals surface area contributed by atoms with Crippen molar-refractivity contribution in [3.05, 3.63) is 60.4 Å². The summed E-state index contributed by atoms with van der Waals surface area (Å²) in [6.07, 6.45) is 7.03. The van der Waals surface area contributed by atoms with Crippen molar-refractivity contribution in [1.29, 1.82) is 0 Å². The van der Waals surface area contributed by atoms with Crippen LogP contribution < -0.4 is 10.6 Å². The largest absolute Gasteiger partial charge is 0.326 e. The summed E-state index contributed by atoms with van der Waals surface area (Å²) in [5.41, 5.74) is 3.08. The fourth-order valence-electron chi connectivity index (χ4n) is 3.55. The minimum atomic E-state index is -0.301. The van der Waals surface area contributed by atoms with Gasteiger partial charge in [-0.25, -0.2) is 4.98 Å². The molecule has 1 aliphatic rings. The van der Waals surface area contributed by atoms with E-state index in [0.29, 0.717) is 17.1 Å². The van der Waals surface area contributed by atoms with Crippen LogP contribution in [0.15, 0.2) is 54.7 Å². The molecule has 3 N–H and O–H groups in total. The van der Waals surface area contributed by atoms with E-state index in [1.165, 1.54) is 6.42 Å². The number of aromatic amines is 1. The molecule has 3 aromatic rings. The Kier molecular flexibility index (Phi) is 5.65. The molecule has 1 aliphatic carbocycles. The van der Waals surface area contributed by atoms with E-state index in [-0.39, 0.29) is 17.7 Å². The lowest BCUT2D eigenvalue weighted by Gasteiger charge is -2.20. The van der Waals surface area contributed by atoms with Gasteiger partial charge in [-0.2, -0.15) is 5.10 Å². The van der Waals surface area contributed by atoms with Gasteiger partial charge in [-0.05, 0) is 55.3 Å². The first kappa shape index (κ1) is 18.9. The molecule has 0 spiro atoms. The summed E-state index contributed by atoms with van der Waals surface area (Å²) >= 11 is 0. The van der Waals surface area contributed by atoms with Crippen LogP contribution in [0.5, 0.6) is 0 Å². The number of nitrogens with one attached hydrogen (secondary N) is 3. The highest BCUT2D eigenvalue weighted by atomic mass is 16.2. The number of hydrogen-bond acceptors (Lipinski definition) is 4. The summed E-state index contributed by atoms with van der Waals surface area (Å²) in [5, 5.41) is 12.5. The number of carbonyl (C=O) groups is 2. The zero-order valence-electron chi connectivity index (χ0n) is 16.0. The van der Waals surface area contributed by atoms with Crippen LogP contribution in [0.4, 0.5) is 11.4 Å². The first-order valence-electron chi connectivity index (χ1n) is 9.88. The Hall–Kier alpha value is -3.48. The molecule has 2 amide bonds. The van der Waals surface area contributed by atoms with Gasteiger partial charge in [0.1, 0.15) is 5.69 Å². The molecule has 1 saturated carbocycles. The van der Waals surface area contributed by atoms with Crippen molar-refractivity contribution >= 4 is 23.2 Å². The van der Waals surface area contributed by atoms with Gasteiger partial charge in [0.25, 0.3) is 5.91 Å². The molecule has 0 radical (unpaired) electrons. The van der Waals surface area contributed by atoms with Crippen LogP contribution in [0.25, 0.3) is 11.4 Å². The number of anilines is 2. The smallest absolute Gasteiger partial charge is 0.274 e. The van der Waals surface area contributed by atoms with Crippen molar-refractivity contribution in [2.45, 2.75) is 32.1 Å². The third-order valence-corrected chi connectivity index (χ3v) is 5.14. The van der Waals surface area contributed by atoms with Crippen molar-refractivity contribution in [3.8, 4) is 11.4 Å². The molecule has 1 aromatic carbocycles. The van der Waals surface area contributed by atoms with Gasteiger partial charge in [-0.3, -0.25) is 14.7 Å². The van der Waals surface area contributed by atoms with E-state index in [1.807, 2.05) is 6.07 Å². The van der Waals surface area contributed by atoms with Gasteiger partial charge >= 0.3 is 0 Å². The van der Waals surface area contributed by atoms with Crippen molar-refractivity contribution in [1.82, 2.24) is 15.2 Å². The molecule has 2 aromatic heterocycles. The monoisotopic (exact) mass is 389 g/mol. The molecule has 0 aliphatic heterocycles. The zero-order chi connectivity index (χ0) is 20.1. The second-order valence-electron chi connectivity index (χ2n) is 7.23. The maximum atomic E-state index is 12.5. The lowest BCUT2D eigenvalue weighted by molar-refractivity contribution is -0.120. The van der Waals surface area contributed by atoms with Crippen LogP contribution in [0.2, 0.25) is 0 Å². The van der Waals surface area contributed by atoms with Crippen molar-refractivity contribution in [2.24, 2.45) is 5.92 Å². The number of aromatic nitrogens is 3. The van der Waals surface area contributed by atoms with Crippen LogP contribution >= 0.6 is 0 Å². The van der Waals surface area contributed by atoms with Crippen molar-refractivity contribution in [3.63, 3.8) is 0 Å². The van der Waals surface area contributed by atoms with E-state index in [1.54, 1.807) is 48.7 Å². The first-order valence-corrected chi connectivity index (χ1v) is 9.88. The minimum absolute atomic E-state index is 0.0845. The summed E-state index contributed by atoms with van der Waals surface area (Å²) in [5.74, 6) is -0.108. The van der Waals surface area contributed by atoms with E-state index >= 15 is 0 Å². The average molecular weight is 389 g/mol. The van der Waals surface area contributed by atoms with Crippen LogP contribution in [0.3, 0.4) is 0 Å². The molecule has 2 heterocycles. The third kappa shape index (κ3) is 4.68. The van der Waals surface area contributed by atoms with E-state index in [2.05, 4.69) is 25.8 Å². The number of rotatable bonds is 5. The average Bonchev–Trinajstić information content (AvgIpc) is 3.31. The molecule has 0 atom stereocenters. The van der Waals surface area contributed by atoms with Crippen molar-refractivity contribution < 1.29 is 9.59 Å². The Morgan fingerprint density at radius 3 is 2.31 bits per heavy atom. The molecule has 0 bridgehead atoms. The predicted molar refractivity (Wildman–Crippen MR) is 111 cm³/mol. The molecule has 0 saturated heterocycles. The van der Waals surface area contributed by atoms with E-state index in [4.69, 9.17) is 0 Å². The molecule has 148 valence electrons. The van der Waals surface area contributed by atoms with Crippen molar-refractivity contribution in [2.75, 3.05) is 10.6 Å². The summed E-state index contributed by atoms with van der Waals surface area (Å²) in [6.45, 7) is 0. The van der Waals surface area contributed by atoms with Gasteiger partial charge in [0.05, 0.1) is 11.4 Å². The highest BCUT2D eigenvalue weighted by Gasteiger charge is 2.21. The van der Waals surface area contributed by atoms with Crippen LogP contribution in [-0.4, -0.2) is 27.0 Å². The number of hydrogen-bond donors (Lipinski definition) is 3. The highest BCUT2D eigenvalue weighted by molar-refractivity contribution is 6.03. The fraction of sp³-hybridized carbons (Fsp3) is 0.273. The molecule has 7 nitrogen and oxygen atoms in total. The first-order chi connectivity index (χ1) is 14.2. The number of carbonyl (C=O) groups excluding carboxylic acids is 2. The summed E-state index contributed by atoms with van der Waals surface area (Å²) in [6, 6.07) is 14.2. The molecular formula is C22H23N5O2. The van der Waals surface area contributed by atoms with E-state index < -0.39 is 0 Å². The molecule has 29 heavy (non-hydrogen) atoms. The molecular weight excluding hydrogens is 366 g/mol. The topological polar surface area (TPSA) is 99.8 Å². The zero-order valence-corrected chi connectivity index (χ0v) is 16.0. The normalized spacial score (nSPS) is 14.3.